The maximum Gasteiger partial charge on any atom is 0.315 e. The number of nitrogens with one attached hydrogen (secondary N) is 2. The first-order valence-corrected chi connectivity index (χ1v) is 8.50. The molecule has 0 radical (unpaired) electrons. The highest BCUT2D eigenvalue weighted by Crippen LogP contribution is 2.41. The van der Waals surface area contributed by atoms with Crippen LogP contribution in [-0.2, 0) is 19.0 Å². The lowest BCUT2D eigenvalue weighted by molar-refractivity contribution is 0.233. The Kier molecular flexibility index (Phi) is 4.35. The van der Waals surface area contributed by atoms with E-state index in [0.29, 0.717) is 6.54 Å². The third-order valence-electron chi connectivity index (χ3n) is 5.20. The van der Waals surface area contributed by atoms with Crippen molar-refractivity contribution in [2.24, 2.45) is 7.05 Å². The van der Waals surface area contributed by atoms with Gasteiger partial charge in [0.15, 0.2) is 0 Å². The topological polar surface area (TPSA) is 59.0 Å². The standard InChI is InChI=1S/C19H26N4O/c1-13-14(12-21-23(13)4)11-20-18(24)22-17-9-10-19(2,3)16-8-6-5-7-15(16)17/h5-8,12,17H,9-11H2,1-4H3,(H2,20,22,24). The number of rotatable bonds is 3. The average molecular weight is 326 g/mol. The zero-order valence-electron chi connectivity index (χ0n) is 14.9. The minimum absolute atomic E-state index is 0.0734. The Hall–Kier alpha value is -2.30. The lowest BCUT2D eigenvalue weighted by atomic mass is 9.71. The molecule has 0 spiro atoms. The smallest absolute Gasteiger partial charge is 0.315 e. The molecular formula is C19H26N4O. The molecule has 128 valence electrons. The predicted molar refractivity (Wildman–Crippen MR) is 94.8 cm³/mol. The number of carbonyl (C=O) groups is 1. The Labute approximate surface area is 143 Å². The monoisotopic (exact) mass is 326 g/mol. The van der Waals surface area contributed by atoms with Crippen molar-refractivity contribution in [1.29, 1.82) is 0 Å². The Morgan fingerprint density at radius 2 is 2.12 bits per heavy atom. The Bertz CT molecular complexity index is 748. The summed E-state index contributed by atoms with van der Waals surface area (Å²) in [5.74, 6) is 0. The molecule has 0 bridgehead atoms. The summed E-state index contributed by atoms with van der Waals surface area (Å²) in [4.78, 5) is 12.3. The number of fused-ring (bicyclic) bond motifs is 1. The van der Waals surface area contributed by atoms with E-state index in [4.69, 9.17) is 0 Å². The number of carbonyl (C=O) groups excluding carboxylic acids is 1. The van der Waals surface area contributed by atoms with Crippen LogP contribution < -0.4 is 10.6 Å². The first-order chi connectivity index (χ1) is 11.4. The number of amides is 2. The first-order valence-electron chi connectivity index (χ1n) is 8.50. The zero-order chi connectivity index (χ0) is 17.3. The van der Waals surface area contributed by atoms with Gasteiger partial charge in [0.05, 0.1) is 12.2 Å². The van der Waals surface area contributed by atoms with Gasteiger partial charge in [0.25, 0.3) is 0 Å². The Balaban J connectivity index is 1.66. The number of nitrogens with zero attached hydrogens (tertiary/aromatic N) is 2. The van der Waals surface area contributed by atoms with Gasteiger partial charge in [-0.2, -0.15) is 5.10 Å². The summed E-state index contributed by atoms with van der Waals surface area (Å²) in [6.45, 7) is 7.04. The van der Waals surface area contributed by atoms with Gasteiger partial charge in [-0.25, -0.2) is 4.79 Å². The maximum atomic E-state index is 12.3. The molecule has 24 heavy (non-hydrogen) atoms. The van der Waals surface area contributed by atoms with Gasteiger partial charge in [0, 0.05) is 24.8 Å². The maximum absolute atomic E-state index is 12.3. The summed E-state index contributed by atoms with van der Waals surface area (Å²) >= 11 is 0. The van der Waals surface area contributed by atoms with Crippen LogP contribution in [0.5, 0.6) is 0 Å². The molecule has 5 nitrogen and oxygen atoms in total. The predicted octanol–water partition coefficient (Wildman–Crippen LogP) is 3.34. The minimum atomic E-state index is -0.127. The van der Waals surface area contributed by atoms with Crippen molar-refractivity contribution in [3.05, 3.63) is 52.8 Å². The molecule has 1 aromatic carbocycles. The second-order valence-electron chi connectivity index (χ2n) is 7.27. The zero-order valence-corrected chi connectivity index (χ0v) is 14.9. The van der Waals surface area contributed by atoms with Crippen molar-refractivity contribution in [3.8, 4) is 0 Å². The molecule has 0 saturated carbocycles. The second kappa shape index (κ2) is 6.30. The summed E-state index contributed by atoms with van der Waals surface area (Å²) in [5, 5.41) is 10.3. The van der Waals surface area contributed by atoms with Crippen molar-refractivity contribution >= 4 is 6.03 Å². The molecule has 5 heteroatoms. The molecule has 1 unspecified atom stereocenters. The molecule has 1 atom stereocenters. The molecule has 2 N–H and O–H groups in total. The van der Waals surface area contributed by atoms with Gasteiger partial charge in [-0.05, 0) is 36.3 Å². The number of aromatic nitrogens is 2. The number of hydrogen-bond donors (Lipinski definition) is 2. The third kappa shape index (κ3) is 3.16. The lowest BCUT2D eigenvalue weighted by Crippen LogP contribution is -2.40. The summed E-state index contributed by atoms with van der Waals surface area (Å²) < 4.78 is 1.81. The van der Waals surface area contributed by atoms with E-state index in [0.717, 1.165) is 24.1 Å². The van der Waals surface area contributed by atoms with E-state index in [-0.39, 0.29) is 17.5 Å². The van der Waals surface area contributed by atoms with E-state index in [9.17, 15) is 4.79 Å². The molecule has 2 aromatic rings. The van der Waals surface area contributed by atoms with Gasteiger partial charge in [0.1, 0.15) is 0 Å². The largest absolute Gasteiger partial charge is 0.334 e. The molecule has 0 saturated heterocycles. The van der Waals surface area contributed by atoms with Crippen LogP contribution in [0.15, 0.2) is 30.5 Å². The van der Waals surface area contributed by atoms with Gasteiger partial charge in [0.2, 0.25) is 0 Å². The van der Waals surface area contributed by atoms with Crippen LogP contribution in [0.2, 0.25) is 0 Å². The quantitative estimate of drug-likeness (QED) is 0.909. The molecule has 0 fully saturated rings. The molecule has 1 aliphatic rings. The number of aryl methyl sites for hydroxylation is 1. The van der Waals surface area contributed by atoms with E-state index in [1.807, 2.05) is 24.7 Å². The summed E-state index contributed by atoms with van der Waals surface area (Å²) in [6.07, 6.45) is 3.83. The lowest BCUT2D eigenvalue weighted by Gasteiger charge is -2.37. The fraction of sp³-hybridized carbons (Fsp3) is 0.474. The summed E-state index contributed by atoms with van der Waals surface area (Å²) in [5.41, 5.74) is 4.85. The molecule has 0 aliphatic heterocycles. The van der Waals surface area contributed by atoms with E-state index in [1.54, 1.807) is 6.20 Å². The number of hydrogen-bond acceptors (Lipinski definition) is 2. The van der Waals surface area contributed by atoms with Crippen molar-refractivity contribution in [1.82, 2.24) is 20.4 Å². The highest BCUT2D eigenvalue weighted by Gasteiger charge is 2.32. The molecular weight excluding hydrogens is 300 g/mol. The third-order valence-corrected chi connectivity index (χ3v) is 5.20. The molecule has 2 amide bonds. The van der Waals surface area contributed by atoms with Crippen LogP contribution in [0.4, 0.5) is 4.79 Å². The van der Waals surface area contributed by atoms with Crippen LogP contribution in [0, 0.1) is 6.92 Å². The fourth-order valence-corrected chi connectivity index (χ4v) is 3.46. The van der Waals surface area contributed by atoms with Crippen molar-refractivity contribution < 1.29 is 4.79 Å². The van der Waals surface area contributed by atoms with E-state index < -0.39 is 0 Å². The van der Waals surface area contributed by atoms with Gasteiger partial charge >= 0.3 is 6.03 Å². The van der Waals surface area contributed by atoms with E-state index in [2.05, 4.69) is 47.8 Å². The summed E-state index contributed by atoms with van der Waals surface area (Å²) in [7, 11) is 1.90. The average Bonchev–Trinajstić information content (AvgIpc) is 2.88. The van der Waals surface area contributed by atoms with Crippen LogP contribution >= 0.6 is 0 Å². The van der Waals surface area contributed by atoms with Crippen LogP contribution in [0.1, 0.15) is 55.1 Å². The molecule has 3 rings (SSSR count). The van der Waals surface area contributed by atoms with Gasteiger partial charge in [-0.15, -0.1) is 0 Å². The second-order valence-corrected chi connectivity index (χ2v) is 7.27. The van der Waals surface area contributed by atoms with Crippen molar-refractivity contribution in [2.45, 2.75) is 51.6 Å². The van der Waals surface area contributed by atoms with Crippen LogP contribution in [-0.4, -0.2) is 15.8 Å². The summed E-state index contributed by atoms with van der Waals surface area (Å²) in [6, 6.07) is 8.38. The van der Waals surface area contributed by atoms with E-state index in [1.165, 1.54) is 11.1 Å². The highest BCUT2D eigenvalue weighted by molar-refractivity contribution is 5.74. The van der Waals surface area contributed by atoms with E-state index >= 15 is 0 Å². The molecule has 1 aliphatic carbocycles. The number of urea groups is 1. The van der Waals surface area contributed by atoms with Crippen LogP contribution in [0.3, 0.4) is 0 Å². The normalized spacial score (nSPS) is 18.8. The fourth-order valence-electron chi connectivity index (χ4n) is 3.46. The molecule has 1 heterocycles. The Morgan fingerprint density at radius 3 is 2.83 bits per heavy atom. The van der Waals surface area contributed by atoms with Gasteiger partial charge in [-0.3, -0.25) is 4.68 Å². The highest BCUT2D eigenvalue weighted by atomic mass is 16.2. The van der Waals surface area contributed by atoms with Gasteiger partial charge < -0.3 is 10.6 Å². The van der Waals surface area contributed by atoms with Crippen molar-refractivity contribution in [3.63, 3.8) is 0 Å². The minimum Gasteiger partial charge on any atom is -0.334 e. The number of benzene rings is 1. The first kappa shape index (κ1) is 16.6. The van der Waals surface area contributed by atoms with Crippen LogP contribution in [0.25, 0.3) is 0 Å². The SMILES string of the molecule is Cc1c(CNC(=O)NC2CCC(C)(C)c3ccccc32)cnn1C. The Morgan fingerprint density at radius 1 is 1.38 bits per heavy atom. The molecule has 1 aromatic heterocycles. The van der Waals surface area contributed by atoms with Gasteiger partial charge in [-0.1, -0.05) is 38.1 Å². The van der Waals surface area contributed by atoms with Crippen molar-refractivity contribution in [2.75, 3.05) is 0 Å².